The van der Waals surface area contributed by atoms with Gasteiger partial charge in [-0.2, -0.15) is 0 Å². The first-order valence-corrected chi connectivity index (χ1v) is 3.63. The van der Waals surface area contributed by atoms with Crippen LogP contribution in [0.1, 0.15) is 12.5 Å². The number of carbonyl (C=O) groups is 1. The highest BCUT2D eigenvalue weighted by molar-refractivity contribution is 5.93. The molecule has 0 aromatic heterocycles. The number of phenolic OH excluding ortho intramolecular Hbond substituents is 1. The van der Waals surface area contributed by atoms with Crippen LogP contribution in [0.3, 0.4) is 0 Å². The lowest BCUT2D eigenvalue weighted by Gasteiger charge is -2.05. The Labute approximate surface area is 75.2 Å². The largest absolute Gasteiger partial charge is 0.505 e. The molecule has 13 heavy (non-hydrogen) atoms. The van der Waals surface area contributed by atoms with Crippen LogP contribution in [0, 0.1) is 0 Å². The maximum atomic E-state index is 10.6. The van der Waals surface area contributed by atoms with Crippen molar-refractivity contribution in [2.45, 2.75) is 6.92 Å². The highest BCUT2D eigenvalue weighted by Crippen LogP contribution is 2.25. The molecule has 0 aliphatic carbocycles. The average molecular weight is 178 g/mol. The van der Waals surface area contributed by atoms with E-state index < -0.39 is 0 Å². The average Bonchev–Trinajstić information content (AvgIpc) is 2.08. The topological polar surface area (TPSA) is 66.4 Å². The third kappa shape index (κ3) is 2.05. The molecule has 0 atom stereocenters. The Kier molecular flexibility index (Phi) is 2.64. The maximum Gasteiger partial charge on any atom is 0.237 e. The van der Waals surface area contributed by atoms with Crippen molar-refractivity contribution in [2.75, 3.05) is 5.32 Å². The number of phenols is 1. The van der Waals surface area contributed by atoms with Crippen molar-refractivity contribution in [1.82, 2.24) is 0 Å². The minimum absolute atomic E-state index is 0.0336. The number of amides is 1. The number of carbonyl (C=O) groups excluding carboxylic acids is 2. The molecule has 0 spiro atoms. The van der Waals surface area contributed by atoms with Crippen LogP contribution < -0.4 is 5.32 Å². The smallest absolute Gasteiger partial charge is 0.237 e. The summed E-state index contributed by atoms with van der Waals surface area (Å²) in [5.41, 5.74) is 0.250. The Balaban J connectivity index is 3.07. The molecule has 0 fully saturated rings. The lowest BCUT2D eigenvalue weighted by atomic mass is 10.2. The van der Waals surface area contributed by atoms with Gasteiger partial charge in [0.15, 0.2) is 0 Å². The molecule has 1 rings (SSSR count). The zero-order valence-corrected chi connectivity index (χ0v) is 7.00. The maximum absolute atomic E-state index is 10.6. The molecule has 0 aliphatic heterocycles. The van der Waals surface area contributed by atoms with Crippen molar-refractivity contribution >= 4 is 17.9 Å². The second-order valence-electron chi connectivity index (χ2n) is 2.48. The molecule has 4 nitrogen and oxygen atoms in total. The standard InChI is InChI=1S/C9H8NO3/c1-6(12)10-8-4-2-3-7(5-11)9(8)13/h2-4,13H,1H3,(H,10,12). The van der Waals surface area contributed by atoms with Gasteiger partial charge in [0, 0.05) is 6.92 Å². The SMILES string of the molecule is CC(=O)Nc1cccc([C]=O)c1O. The van der Waals surface area contributed by atoms with Gasteiger partial charge in [0.25, 0.3) is 0 Å². The third-order valence-electron chi connectivity index (χ3n) is 1.46. The van der Waals surface area contributed by atoms with Gasteiger partial charge in [-0.15, -0.1) is 0 Å². The van der Waals surface area contributed by atoms with Crippen LogP contribution in [-0.4, -0.2) is 17.3 Å². The van der Waals surface area contributed by atoms with E-state index in [9.17, 15) is 14.7 Å². The summed E-state index contributed by atoms with van der Waals surface area (Å²) in [6.07, 6.45) is 1.56. The van der Waals surface area contributed by atoms with Crippen LogP contribution in [0.25, 0.3) is 0 Å². The molecule has 1 amide bonds. The molecular weight excluding hydrogens is 170 g/mol. The molecule has 4 heteroatoms. The summed E-state index contributed by atoms with van der Waals surface area (Å²) in [5, 5.41) is 11.7. The van der Waals surface area contributed by atoms with Crippen LogP contribution in [0.4, 0.5) is 5.69 Å². The van der Waals surface area contributed by atoms with E-state index >= 15 is 0 Å². The number of anilines is 1. The monoisotopic (exact) mass is 178 g/mol. The van der Waals surface area contributed by atoms with Crippen LogP contribution in [0.2, 0.25) is 0 Å². The fourth-order valence-electron chi connectivity index (χ4n) is 0.916. The van der Waals surface area contributed by atoms with Crippen LogP contribution in [0.5, 0.6) is 5.75 Å². The third-order valence-corrected chi connectivity index (χ3v) is 1.46. The van der Waals surface area contributed by atoms with Gasteiger partial charge in [-0.25, -0.2) is 0 Å². The van der Waals surface area contributed by atoms with Gasteiger partial charge in [-0.05, 0) is 12.1 Å². The van der Waals surface area contributed by atoms with Crippen molar-refractivity contribution in [1.29, 1.82) is 0 Å². The fraction of sp³-hybridized carbons (Fsp3) is 0.111. The Bertz CT molecular complexity index is 347. The first-order chi connectivity index (χ1) is 6.15. The van der Waals surface area contributed by atoms with Gasteiger partial charge in [-0.1, -0.05) is 6.07 Å². The van der Waals surface area contributed by atoms with Gasteiger partial charge >= 0.3 is 0 Å². The molecule has 0 saturated carbocycles. The van der Waals surface area contributed by atoms with Crippen molar-refractivity contribution in [3.05, 3.63) is 23.8 Å². The predicted octanol–water partition coefficient (Wildman–Crippen LogP) is 0.808. The number of hydrogen-bond donors (Lipinski definition) is 2. The second kappa shape index (κ2) is 3.71. The molecular formula is C9H8NO3. The van der Waals surface area contributed by atoms with Gasteiger partial charge < -0.3 is 10.4 Å². The Morgan fingerprint density at radius 2 is 2.23 bits per heavy atom. The van der Waals surface area contributed by atoms with Gasteiger partial charge in [0.1, 0.15) is 5.75 Å². The Hall–Kier alpha value is -1.84. The van der Waals surface area contributed by atoms with E-state index in [1.54, 1.807) is 12.4 Å². The molecule has 67 valence electrons. The van der Waals surface area contributed by atoms with E-state index in [0.717, 1.165) is 0 Å². The van der Waals surface area contributed by atoms with E-state index in [4.69, 9.17) is 0 Å². The first kappa shape index (κ1) is 9.25. The summed E-state index contributed by atoms with van der Waals surface area (Å²) in [6.45, 7) is 1.32. The number of nitrogens with one attached hydrogen (secondary N) is 1. The molecule has 2 N–H and O–H groups in total. The Morgan fingerprint density at radius 3 is 2.77 bits per heavy atom. The second-order valence-corrected chi connectivity index (χ2v) is 2.48. The van der Waals surface area contributed by atoms with Gasteiger partial charge in [0.2, 0.25) is 12.2 Å². The summed E-state index contributed by atoms with van der Waals surface area (Å²) >= 11 is 0. The lowest BCUT2D eigenvalue weighted by molar-refractivity contribution is -0.114. The minimum Gasteiger partial charge on any atom is -0.505 e. The summed E-state index contributed by atoms with van der Waals surface area (Å²) in [4.78, 5) is 20.9. The van der Waals surface area contributed by atoms with Crippen LogP contribution >= 0.6 is 0 Å². The fourth-order valence-corrected chi connectivity index (χ4v) is 0.916. The molecule has 0 aliphatic rings. The molecule has 0 heterocycles. The zero-order chi connectivity index (χ0) is 9.84. The number of benzene rings is 1. The van der Waals surface area contributed by atoms with E-state index in [0.29, 0.717) is 0 Å². The van der Waals surface area contributed by atoms with Crippen molar-refractivity contribution in [3.8, 4) is 5.75 Å². The van der Waals surface area contributed by atoms with E-state index in [1.165, 1.54) is 19.1 Å². The summed E-state index contributed by atoms with van der Waals surface area (Å²) in [7, 11) is 0. The first-order valence-electron chi connectivity index (χ1n) is 3.63. The van der Waals surface area contributed by atoms with E-state index in [2.05, 4.69) is 5.32 Å². The summed E-state index contributed by atoms with van der Waals surface area (Å²) in [5.74, 6) is -0.564. The van der Waals surface area contributed by atoms with Crippen molar-refractivity contribution in [2.24, 2.45) is 0 Å². The van der Waals surface area contributed by atoms with Crippen LogP contribution in [-0.2, 0) is 9.59 Å². The van der Waals surface area contributed by atoms with Crippen molar-refractivity contribution in [3.63, 3.8) is 0 Å². The van der Waals surface area contributed by atoms with Crippen molar-refractivity contribution < 1.29 is 14.7 Å². The highest BCUT2D eigenvalue weighted by atomic mass is 16.3. The summed E-state index contributed by atoms with van der Waals surface area (Å²) in [6, 6.07) is 4.45. The number of aromatic hydroxyl groups is 1. The van der Waals surface area contributed by atoms with Crippen LogP contribution in [0.15, 0.2) is 18.2 Å². The van der Waals surface area contributed by atoms with E-state index in [-0.39, 0.29) is 22.9 Å². The highest BCUT2D eigenvalue weighted by Gasteiger charge is 2.06. The molecule has 0 unspecified atom stereocenters. The molecule has 1 aromatic rings. The number of para-hydroxylation sites is 1. The van der Waals surface area contributed by atoms with Gasteiger partial charge in [0.05, 0.1) is 11.3 Å². The molecule has 0 saturated heterocycles. The normalized spacial score (nSPS) is 9.31. The van der Waals surface area contributed by atoms with E-state index in [1.807, 2.05) is 0 Å². The molecule has 1 aromatic carbocycles. The lowest BCUT2D eigenvalue weighted by Crippen LogP contribution is -2.06. The molecule has 1 radical (unpaired) electrons. The zero-order valence-electron chi connectivity index (χ0n) is 7.00. The predicted molar refractivity (Wildman–Crippen MR) is 47.2 cm³/mol. The summed E-state index contributed by atoms with van der Waals surface area (Å²) < 4.78 is 0. The minimum atomic E-state index is -0.307. The Morgan fingerprint density at radius 1 is 1.54 bits per heavy atom. The molecule has 0 bridgehead atoms. The number of hydrogen-bond acceptors (Lipinski definition) is 3. The van der Waals surface area contributed by atoms with Gasteiger partial charge in [-0.3, -0.25) is 9.59 Å². The number of rotatable bonds is 2. The quantitative estimate of drug-likeness (QED) is 0.658.